The number of anilines is 1. The van der Waals surface area contributed by atoms with Gasteiger partial charge in [-0.2, -0.15) is 0 Å². The number of carboxylic acid groups (broad SMARTS) is 1. The maximum atomic E-state index is 13.0. The zero-order chi connectivity index (χ0) is 31.1. The summed E-state index contributed by atoms with van der Waals surface area (Å²) < 4.78 is 30.0. The normalized spacial score (nSPS) is 24.5. The first kappa shape index (κ1) is 31.6. The number of primary sulfonamides is 1. The predicted octanol–water partition coefficient (Wildman–Crippen LogP) is 4.70. The molecule has 2 aliphatic carbocycles. The number of rotatable bonds is 9. The molecule has 9 nitrogen and oxygen atoms in total. The Bertz CT molecular complexity index is 1500. The minimum absolute atomic E-state index is 0.0929. The molecular formula is C32H42ClN3O6S. The van der Waals surface area contributed by atoms with Crippen LogP contribution in [0.15, 0.2) is 36.4 Å². The monoisotopic (exact) mass is 631 g/mol. The topological polar surface area (TPSA) is 130 Å². The molecular weight excluding hydrogens is 590 g/mol. The molecule has 1 amide bonds. The molecule has 0 bridgehead atoms. The molecule has 0 aromatic heterocycles. The van der Waals surface area contributed by atoms with Crippen LogP contribution in [0.5, 0.6) is 5.75 Å². The van der Waals surface area contributed by atoms with E-state index in [9.17, 15) is 23.1 Å². The number of ether oxygens (including phenoxy) is 1. The average molecular weight is 632 g/mol. The number of aryl methyl sites for hydroxylation is 1. The van der Waals surface area contributed by atoms with Gasteiger partial charge in [0.15, 0.2) is 0 Å². The Morgan fingerprint density at radius 3 is 2.60 bits per heavy atom. The summed E-state index contributed by atoms with van der Waals surface area (Å²) >= 11 is 6.37. The van der Waals surface area contributed by atoms with E-state index in [1.807, 2.05) is 6.07 Å². The maximum absolute atomic E-state index is 13.0. The van der Waals surface area contributed by atoms with Crippen LogP contribution in [0.4, 0.5) is 5.69 Å². The van der Waals surface area contributed by atoms with Gasteiger partial charge in [-0.05, 0) is 98.2 Å². The summed E-state index contributed by atoms with van der Waals surface area (Å²) in [5, 5.41) is 15.0. The van der Waals surface area contributed by atoms with Crippen molar-refractivity contribution >= 4 is 39.2 Å². The molecule has 1 saturated carbocycles. The molecule has 11 heteroatoms. The lowest BCUT2D eigenvalue weighted by Crippen LogP contribution is -2.49. The van der Waals surface area contributed by atoms with E-state index >= 15 is 0 Å². The van der Waals surface area contributed by atoms with Crippen LogP contribution in [0, 0.1) is 17.8 Å². The molecule has 1 spiro atoms. The van der Waals surface area contributed by atoms with E-state index in [0.717, 1.165) is 49.4 Å². The highest BCUT2D eigenvalue weighted by Crippen LogP contribution is 2.46. The molecule has 3 aliphatic rings. The molecule has 0 saturated heterocycles. The van der Waals surface area contributed by atoms with Gasteiger partial charge in [0.25, 0.3) is 0 Å². The first-order chi connectivity index (χ1) is 20.3. The molecule has 0 unspecified atom stereocenters. The van der Waals surface area contributed by atoms with Crippen LogP contribution in [0.3, 0.4) is 0 Å². The zero-order valence-corrected chi connectivity index (χ0v) is 26.7. The van der Waals surface area contributed by atoms with E-state index in [0.29, 0.717) is 31.4 Å². The number of benzene rings is 2. The van der Waals surface area contributed by atoms with E-state index in [4.69, 9.17) is 21.5 Å². The van der Waals surface area contributed by atoms with Crippen LogP contribution in [-0.4, -0.2) is 68.8 Å². The highest BCUT2D eigenvalue weighted by molar-refractivity contribution is 7.89. The summed E-state index contributed by atoms with van der Waals surface area (Å²) in [6.07, 6.45) is 5.06. The summed E-state index contributed by atoms with van der Waals surface area (Å²) in [6.45, 7) is 5.77. The van der Waals surface area contributed by atoms with Gasteiger partial charge in [0.05, 0.1) is 23.1 Å². The number of aromatic carboxylic acids is 1. The van der Waals surface area contributed by atoms with E-state index in [2.05, 4.69) is 17.0 Å². The molecule has 234 valence electrons. The highest BCUT2D eigenvalue weighted by atomic mass is 35.5. The predicted molar refractivity (Wildman–Crippen MR) is 167 cm³/mol. The first-order valence-corrected chi connectivity index (χ1v) is 17.1. The molecule has 5 rings (SSSR count). The number of nitrogens with zero attached hydrogens (tertiary/aromatic N) is 2. The second kappa shape index (κ2) is 12.3. The fourth-order valence-corrected chi connectivity index (χ4v) is 7.96. The number of halogens is 1. The van der Waals surface area contributed by atoms with Crippen molar-refractivity contribution < 1.29 is 27.9 Å². The molecule has 2 aromatic rings. The molecule has 1 fully saturated rings. The summed E-state index contributed by atoms with van der Waals surface area (Å²) in [6, 6.07) is 11.2. The number of carboxylic acids is 1. The molecule has 2 aromatic carbocycles. The maximum Gasteiger partial charge on any atom is 0.335 e. The number of sulfonamides is 1. The minimum Gasteiger partial charge on any atom is -0.490 e. The lowest BCUT2D eigenvalue weighted by Gasteiger charge is -2.45. The summed E-state index contributed by atoms with van der Waals surface area (Å²) in [7, 11) is -1.94. The molecule has 0 radical (unpaired) electrons. The Kier molecular flexibility index (Phi) is 9.03. The fraction of sp³-hybridized carbons (Fsp3) is 0.562. The van der Waals surface area contributed by atoms with E-state index in [1.165, 1.54) is 11.1 Å². The minimum atomic E-state index is -3.71. The number of carbonyl (C=O) groups excluding carboxylic acids is 1. The van der Waals surface area contributed by atoms with Crippen molar-refractivity contribution in [2.45, 2.75) is 63.0 Å². The van der Waals surface area contributed by atoms with Gasteiger partial charge in [-0.3, -0.25) is 4.79 Å². The van der Waals surface area contributed by atoms with Crippen molar-refractivity contribution in [1.82, 2.24) is 4.90 Å². The second-order valence-electron chi connectivity index (χ2n) is 12.9. The highest BCUT2D eigenvalue weighted by Gasteiger charge is 2.43. The van der Waals surface area contributed by atoms with Gasteiger partial charge in [-0.15, -0.1) is 0 Å². The summed E-state index contributed by atoms with van der Waals surface area (Å²) in [5.74, 6) is -0.186. The number of carbonyl (C=O) groups is 2. The van der Waals surface area contributed by atoms with Gasteiger partial charge in [0.2, 0.25) is 15.9 Å². The summed E-state index contributed by atoms with van der Waals surface area (Å²) in [4.78, 5) is 29.0. The van der Waals surface area contributed by atoms with Crippen molar-refractivity contribution in [3.8, 4) is 5.75 Å². The van der Waals surface area contributed by atoms with Gasteiger partial charge < -0.3 is 19.6 Å². The number of hydrogen-bond acceptors (Lipinski definition) is 6. The molecule has 3 N–H and O–H groups in total. The quantitative estimate of drug-likeness (QED) is 0.410. The molecule has 1 aliphatic heterocycles. The Morgan fingerprint density at radius 2 is 1.93 bits per heavy atom. The number of fused-ring (bicyclic) bond motifs is 3. The third kappa shape index (κ3) is 6.66. The van der Waals surface area contributed by atoms with E-state index in [-0.39, 0.29) is 35.1 Å². The van der Waals surface area contributed by atoms with Crippen molar-refractivity contribution in [3.63, 3.8) is 0 Å². The Balaban J connectivity index is 1.36. The van der Waals surface area contributed by atoms with Crippen LogP contribution < -0.4 is 14.8 Å². The van der Waals surface area contributed by atoms with Crippen LogP contribution in [0.2, 0.25) is 5.02 Å². The third-order valence-electron chi connectivity index (χ3n) is 10.1. The number of hydrogen-bond donors (Lipinski definition) is 2. The Morgan fingerprint density at radius 1 is 1.19 bits per heavy atom. The van der Waals surface area contributed by atoms with Crippen molar-refractivity contribution in [2.24, 2.45) is 22.9 Å². The van der Waals surface area contributed by atoms with Gasteiger partial charge in [0.1, 0.15) is 5.75 Å². The van der Waals surface area contributed by atoms with Crippen LogP contribution in [0.25, 0.3) is 0 Å². The van der Waals surface area contributed by atoms with Gasteiger partial charge >= 0.3 is 5.97 Å². The smallest absolute Gasteiger partial charge is 0.335 e. The van der Waals surface area contributed by atoms with Gasteiger partial charge in [-0.1, -0.05) is 24.6 Å². The zero-order valence-electron chi connectivity index (χ0n) is 25.1. The SMILES string of the molecule is C[C@H](CC(=O)N(C)C[C@@H]1CC[C@H]1CN1C[C@@]2(CCCc3cc(Cl)ccc32)COc2ccc(C(=O)O)cc21)[C@@H](C)S(N)(=O)=O. The van der Waals surface area contributed by atoms with E-state index in [1.54, 1.807) is 44.0 Å². The van der Waals surface area contributed by atoms with Crippen LogP contribution in [-0.2, 0) is 26.7 Å². The third-order valence-corrected chi connectivity index (χ3v) is 11.8. The second-order valence-corrected chi connectivity index (χ2v) is 15.3. The standard InChI is InChI=1S/C32H42ClN3O6S/c1-20(21(2)43(34,40)41)13-30(37)35(3)16-24-6-7-25(24)17-36-18-32(12-4-5-22-14-26(33)9-10-27(22)32)19-42-29-11-8-23(31(38)39)15-28(29)36/h8-11,14-15,20-21,24-25H,4-7,12-13,16-19H2,1-3H3,(H,38,39)(H2,34,40,41)/t20-,21-,24+,25+,32+/m1/s1. The number of nitrogens with two attached hydrogens (primary N) is 1. The van der Waals surface area contributed by atoms with E-state index < -0.39 is 21.2 Å². The lowest BCUT2D eigenvalue weighted by molar-refractivity contribution is -0.132. The van der Waals surface area contributed by atoms with Gasteiger partial charge in [-0.25, -0.2) is 18.4 Å². The fourth-order valence-electron chi connectivity index (χ4n) is 7.02. The Hall–Kier alpha value is -2.82. The number of amides is 1. The van der Waals surface area contributed by atoms with Gasteiger partial charge in [0, 0.05) is 43.5 Å². The largest absolute Gasteiger partial charge is 0.490 e. The first-order valence-electron chi connectivity index (χ1n) is 15.1. The molecule has 1 heterocycles. The molecule has 43 heavy (non-hydrogen) atoms. The summed E-state index contributed by atoms with van der Waals surface area (Å²) in [5.41, 5.74) is 3.24. The molecule has 5 atom stereocenters. The van der Waals surface area contributed by atoms with Crippen molar-refractivity contribution in [3.05, 3.63) is 58.1 Å². The van der Waals surface area contributed by atoms with Crippen molar-refractivity contribution in [2.75, 3.05) is 38.2 Å². The van der Waals surface area contributed by atoms with Crippen LogP contribution in [0.1, 0.15) is 67.4 Å². The van der Waals surface area contributed by atoms with Crippen molar-refractivity contribution in [1.29, 1.82) is 0 Å². The van der Waals surface area contributed by atoms with Crippen LogP contribution >= 0.6 is 11.6 Å². The lowest BCUT2D eigenvalue weighted by atomic mass is 9.69. The average Bonchev–Trinajstić information content (AvgIpc) is 3.09. The Labute approximate surface area is 259 Å².